The normalized spacial score (nSPS) is 28.3. The average molecular weight is 518 g/mol. The summed E-state index contributed by atoms with van der Waals surface area (Å²) >= 11 is -1.79. The first-order chi connectivity index (χ1) is 11.7. The van der Waals surface area contributed by atoms with Crippen LogP contribution in [-0.2, 0) is 21.4 Å². The fourth-order valence-corrected chi connectivity index (χ4v) is 17.7. The third-order valence-corrected chi connectivity index (χ3v) is 18.2. The summed E-state index contributed by atoms with van der Waals surface area (Å²) in [6, 6.07) is 0. The second-order valence-electron chi connectivity index (χ2n) is 9.13. The van der Waals surface area contributed by atoms with Gasteiger partial charge in [0.05, 0.1) is 0 Å². The van der Waals surface area contributed by atoms with Gasteiger partial charge in [0.25, 0.3) is 0 Å². The van der Waals surface area contributed by atoms with E-state index in [1.165, 1.54) is 25.7 Å². The van der Waals surface area contributed by atoms with E-state index in [0.717, 1.165) is 0 Å². The first-order valence-corrected chi connectivity index (χ1v) is 21.4. The van der Waals surface area contributed by atoms with Gasteiger partial charge in [-0.2, -0.15) is 0 Å². The van der Waals surface area contributed by atoms with Crippen molar-refractivity contribution in [1.29, 1.82) is 0 Å². The van der Waals surface area contributed by atoms with Crippen molar-refractivity contribution in [3.8, 4) is 0 Å². The third-order valence-electron chi connectivity index (χ3n) is 7.09. The van der Waals surface area contributed by atoms with E-state index in [0.29, 0.717) is 3.17 Å². The van der Waals surface area contributed by atoms with Crippen LogP contribution in [0.15, 0.2) is 46.1 Å². The third kappa shape index (κ3) is 2.73. The Labute approximate surface area is 164 Å². The predicted molar refractivity (Wildman–Crippen MR) is 112 cm³/mol. The first kappa shape index (κ1) is 19.7. The number of allylic oxidation sites excluding steroid dienone is 8. The van der Waals surface area contributed by atoms with Gasteiger partial charge < -0.3 is 0 Å². The van der Waals surface area contributed by atoms with E-state index in [1.807, 2.05) is 10.7 Å². The molecule has 0 heterocycles. The fourth-order valence-electron chi connectivity index (χ4n) is 6.21. The zero-order valence-electron chi connectivity index (χ0n) is 17.6. The van der Waals surface area contributed by atoms with Crippen molar-refractivity contribution in [2.75, 3.05) is 0 Å². The van der Waals surface area contributed by atoms with Crippen molar-refractivity contribution in [2.24, 2.45) is 5.41 Å². The summed E-state index contributed by atoms with van der Waals surface area (Å²) in [7, 11) is -0.368. The minimum absolute atomic E-state index is 0.268. The van der Waals surface area contributed by atoms with Crippen LogP contribution in [0.4, 0.5) is 0 Å². The minimum atomic E-state index is -1.79. The summed E-state index contributed by atoms with van der Waals surface area (Å²) in [5.74, 6) is 0. The van der Waals surface area contributed by atoms with Crippen molar-refractivity contribution >= 4 is 13.6 Å². The van der Waals surface area contributed by atoms with Crippen molar-refractivity contribution in [3.05, 3.63) is 46.1 Å². The van der Waals surface area contributed by atoms with Crippen molar-refractivity contribution < 1.29 is 21.4 Å². The van der Waals surface area contributed by atoms with E-state index in [-0.39, 0.29) is 13.8 Å². The molecule has 0 bridgehead atoms. The predicted octanol–water partition coefficient (Wildman–Crippen LogP) is 7.11. The van der Waals surface area contributed by atoms with Gasteiger partial charge in [0.2, 0.25) is 0 Å². The Bertz CT molecular complexity index is 751. The maximum absolute atomic E-state index is 2.66. The molecule has 0 radical (unpaired) electrons. The fraction of sp³-hybridized carbons (Fsp3) is 0.609. The van der Waals surface area contributed by atoms with Crippen LogP contribution in [-0.4, -0.2) is 13.6 Å². The topological polar surface area (TPSA) is 0 Å². The van der Waals surface area contributed by atoms with Crippen molar-refractivity contribution in [2.45, 2.75) is 79.0 Å². The monoisotopic (exact) mass is 519 g/mol. The number of rotatable bonds is 2. The number of hydrogen-bond donors (Lipinski definition) is 0. The summed E-state index contributed by atoms with van der Waals surface area (Å²) in [5, 5.41) is 1.88. The molecule has 0 amide bonds. The molecule has 0 fully saturated rings. The number of hydrogen-bond acceptors (Lipinski definition) is 0. The quantitative estimate of drug-likeness (QED) is 0.342. The van der Waals surface area contributed by atoms with Crippen LogP contribution in [0.2, 0.25) is 25.6 Å². The van der Waals surface area contributed by atoms with E-state index in [9.17, 15) is 0 Å². The molecule has 135 valence electrons. The molecular formula is C23H35HfSi. The Kier molecular flexibility index (Phi) is 5.37. The average Bonchev–Trinajstić information content (AvgIpc) is 3.07. The summed E-state index contributed by atoms with van der Waals surface area (Å²) in [4.78, 5) is 0. The molecule has 3 aliphatic rings. The molecule has 2 heteroatoms. The molecule has 1 atom stereocenters. The van der Waals surface area contributed by atoms with Crippen LogP contribution >= 0.6 is 0 Å². The van der Waals surface area contributed by atoms with E-state index in [1.54, 1.807) is 22.3 Å². The van der Waals surface area contributed by atoms with Gasteiger partial charge in [-0.3, -0.25) is 0 Å². The molecule has 0 spiro atoms. The van der Waals surface area contributed by atoms with E-state index in [2.05, 4.69) is 68.4 Å². The zero-order valence-corrected chi connectivity index (χ0v) is 22.2. The Morgan fingerprint density at radius 3 is 2.28 bits per heavy atom. The molecule has 0 saturated heterocycles. The van der Waals surface area contributed by atoms with Crippen LogP contribution in [0.5, 0.6) is 0 Å². The standard InChI is InChI=1S/C21H29Si.2CH3.Hf/c1-14-15(2)20-17(19(14)16-10-7-8-11-16)12-9-13-18(22(5)6)21(20,3)4;;;/h7-8,10H,9,11-13H2,1-6H3;2*1H3;. The van der Waals surface area contributed by atoms with E-state index < -0.39 is 21.4 Å². The molecule has 0 N–H and O–H groups in total. The Morgan fingerprint density at radius 2 is 1.76 bits per heavy atom. The van der Waals surface area contributed by atoms with Crippen molar-refractivity contribution in [3.63, 3.8) is 0 Å². The van der Waals surface area contributed by atoms with Crippen molar-refractivity contribution in [1.82, 2.24) is 0 Å². The van der Waals surface area contributed by atoms with Crippen LogP contribution in [0, 0.1) is 5.41 Å². The summed E-state index contributed by atoms with van der Waals surface area (Å²) in [6.45, 7) is 15.0. The summed E-state index contributed by atoms with van der Waals surface area (Å²) in [6.07, 6.45) is 12.4. The molecule has 3 aliphatic carbocycles. The molecule has 25 heavy (non-hydrogen) atoms. The Morgan fingerprint density at radius 1 is 1.08 bits per heavy atom. The molecular weight excluding hydrogens is 483 g/mol. The molecule has 1 unspecified atom stereocenters. The maximum atomic E-state index is 2.66. The van der Waals surface area contributed by atoms with E-state index >= 15 is 0 Å². The van der Waals surface area contributed by atoms with Gasteiger partial charge in [-0.25, -0.2) is 0 Å². The summed E-state index contributed by atoms with van der Waals surface area (Å²) in [5.41, 5.74) is 9.02. The molecule has 0 nitrogen and oxygen atoms in total. The van der Waals surface area contributed by atoms with Gasteiger partial charge in [-0.15, -0.1) is 0 Å². The van der Waals surface area contributed by atoms with Crippen LogP contribution in [0.25, 0.3) is 0 Å². The molecule has 0 aromatic heterocycles. The van der Waals surface area contributed by atoms with Crippen LogP contribution in [0.3, 0.4) is 0 Å². The molecule has 0 aromatic rings. The van der Waals surface area contributed by atoms with Gasteiger partial charge in [0.15, 0.2) is 0 Å². The molecule has 3 rings (SSSR count). The van der Waals surface area contributed by atoms with Gasteiger partial charge >= 0.3 is 166 Å². The first-order valence-electron chi connectivity index (χ1n) is 9.92. The SMILES string of the molecule is CC1=C(C)[C](C2=CC=CC2)([Hf]([CH3])[CH3])C2=C1C(C)(C)C(=[Si](C)C)CCC2. The second kappa shape index (κ2) is 6.82. The van der Waals surface area contributed by atoms with Gasteiger partial charge in [0.1, 0.15) is 0 Å². The van der Waals surface area contributed by atoms with Crippen LogP contribution in [0.1, 0.15) is 53.4 Å². The Hall–Kier alpha value is -0.0830. The van der Waals surface area contributed by atoms with Gasteiger partial charge in [-0.1, -0.05) is 0 Å². The van der Waals surface area contributed by atoms with Gasteiger partial charge in [-0.05, 0) is 0 Å². The zero-order chi connectivity index (χ0) is 18.6. The van der Waals surface area contributed by atoms with Crippen LogP contribution < -0.4 is 0 Å². The second-order valence-corrected chi connectivity index (χ2v) is 21.6. The molecule has 0 saturated carbocycles. The summed E-state index contributed by atoms with van der Waals surface area (Å²) < 4.78 is 5.70. The van der Waals surface area contributed by atoms with Gasteiger partial charge in [0, 0.05) is 0 Å². The molecule has 0 aliphatic heterocycles. The Balaban J connectivity index is 2.33. The van der Waals surface area contributed by atoms with E-state index in [4.69, 9.17) is 0 Å². The molecule has 0 aromatic carbocycles.